The van der Waals surface area contributed by atoms with Gasteiger partial charge in [0, 0.05) is 12.7 Å². The second-order valence-electron chi connectivity index (χ2n) is 3.91. The summed E-state index contributed by atoms with van der Waals surface area (Å²) in [5, 5.41) is 4.13. The zero-order valence-corrected chi connectivity index (χ0v) is 9.48. The summed E-state index contributed by atoms with van der Waals surface area (Å²) in [5.74, 6) is 0. The highest BCUT2D eigenvalue weighted by Crippen LogP contribution is 2.29. The highest BCUT2D eigenvalue weighted by Gasteiger charge is 2.30. The Bertz CT molecular complexity index is 531. The van der Waals surface area contributed by atoms with Gasteiger partial charge in [-0.05, 0) is 23.8 Å². The summed E-state index contributed by atoms with van der Waals surface area (Å²) in [6, 6.07) is 6.96. The number of nitrogens with two attached hydrogens (primary N) is 1. The normalized spacial score (nSPS) is 11.8. The number of halogens is 3. The van der Waals surface area contributed by atoms with Crippen molar-refractivity contribution in [2.24, 2.45) is 5.73 Å². The van der Waals surface area contributed by atoms with Gasteiger partial charge >= 0.3 is 6.18 Å². The van der Waals surface area contributed by atoms with Gasteiger partial charge in [0.05, 0.1) is 17.8 Å². The molecule has 2 rings (SSSR count). The van der Waals surface area contributed by atoms with Crippen LogP contribution in [-0.4, -0.2) is 9.78 Å². The molecular formula is C12H12F3N3. The fraction of sp³-hybridized carbons (Fsp3) is 0.250. The van der Waals surface area contributed by atoms with Crippen molar-refractivity contribution in [1.82, 2.24) is 9.78 Å². The molecule has 0 aliphatic heterocycles. The molecule has 3 nitrogen and oxygen atoms in total. The standard InChI is InChI=1S/C12H12F3N3/c13-12(14,15)10-3-1-2-9(6-10)8-18-5-4-11(7-16)17-18/h1-6H,7-8,16H2. The molecule has 0 saturated heterocycles. The van der Waals surface area contributed by atoms with Crippen LogP contribution in [0.25, 0.3) is 0 Å². The number of hydrogen-bond donors (Lipinski definition) is 1. The summed E-state index contributed by atoms with van der Waals surface area (Å²) in [7, 11) is 0. The third-order valence-electron chi connectivity index (χ3n) is 2.50. The Kier molecular flexibility index (Phi) is 3.38. The molecule has 1 aromatic carbocycles. The monoisotopic (exact) mass is 255 g/mol. The molecule has 0 fully saturated rings. The molecule has 0 bridgehead atoms. The van der Waals surface area contributed by atoms with Crippen molar-refractivity contribution in [2.45, 2.75) is 19.3 Å². The minimum Gasteiger partial charge on any atom is -0.325 e. The summed E-state index contributed by atoms with van der Waals surface area (Å²) >= 11 is 0. The van der Waals surface area contributed by atoms with Crippen LogP contribution in [0, 0.1) is 0 Å². The number of rotatable bonds is 3. The average molecular weight is 255 g/mol. The lowest BCUT2D eigenvalue weighted by Gasteiger charge is -2.08. The molecule has 2 aromatic rings. The van der Waals surface area contributed by atoms with Gasteiger partial charge in [0.1, 0.15) is 0 Å². The fourth-order valence-corrected chi connectivity index (χ4v) is 1.63. The van der Waals surface area contributed by atoms with Gasteiger partial charge in [0.2, 0.25) is 0 Å². The van der Waals surface area contributed by atoms with Crippen molar-refractivity contribution in [3.63, 3.8) is 0 Å². The maximum absolute atomic E-state index is 12.5. The lowest BCUT2D eigenvalue weighted by Crippen LogP contribution is -2.07. The van der Waals surface area contributed by atoms with Crippen LogP contribution in [-0.2, 0) is 19.3 Å². The molecule has 0 aliphatic rings. The van der Waals surface area contributed by atoms with Gasteiger partial charge in [0.25, 0.3) is 0 Å². The molecule has 1 heterocycles. The van der Waals surface area contributed by atoms with Gasteiger partial charge in [-0.1, -0.05) is 12.1 Å². The molecule has 0 atom stereocenters. The molecule has 0 aliphatic carbocycles. The Morgan fingerprint density at radius 1 is 1.22 bits per heavy atom. The minimum atomic E-state index is -4.32. The maximum atomic E-state index is 12.5. The fourth-order valence-electron chi connectivity index (χ4n) is 1.63. The summed E-state index contributed by atoms with van der Waals surface area (Å²) in [4.78, 5) is 0. The average Bonchev–Trinajstić information content (AvgIpc) is 2.76. The number of nitrogens with zero attached hydrogens (tertiary/aromatic N) is 2. The molecule has 18 heavy (non-hydrogen) atoms. The van der Waals surface area contributed by atoms with Gasteiger partial charge in [-0.15, -0.1) is 0 Å². The Balaban J connectivity index is 2.19. The molecular weight excluding hydrogens is 243 g/mol. The van der Waals surface area contributed by atoms with Crippen molar-refractivity contribution in [3.05, 3.63) is 53.3 Å². The third kappa shape index (κ3) is 2.89. The molecule has 0 unspecified atom stereocenters. The zero-order chi connectivity index (χ0) is 13.2. The van der Waals surface area contributed by atoms with Crippen LogP contribution in [0.2, 0.25) is 0 Å². The molecule has 0 saturated carbocycles. The van der Waals surface area contributed by atoms with Gasteiger partial charge in [-0.2, -0.15) is 18.3 Å². The molecule has 0 amide bonds. The van der Waals surface area contributed by atoms with Crippen molar-refractivity contribution in [1.29, 1.82) is 0 Å². The van der Waals surface area contributed by atoms with E-state index in [-0.39, 0.29) is 0 Å². The Morgan fingerprint density at radius 3 is 2.61 bits per heavy atom. The summed E-state index contributed by atoms with van der Waals surface area (Å²) in [6.45, 7) is 0.611. The van der Waals surface area contributed by atoms with Crippen LogP contribution >= 0.6 is 0 Å². The number of aromatic nitrogens is 2. The van der Waals surface area contributed by atoms with E-state index in [1.807, 2.05) is 0 Å². The quantitative estimate of drug-likeness (QED) is 0.915. The van der Waals surface area contributed by atoms with E-state index in [0.29, 0.717) is 24.3 Å². The van der Waals surface area contributed by atoms with Crippen LogP contribution in [0.15, 0.2) is 36.5 Å². The highest BCUT2D eigenvalue weighted by atomic mass is 19.4. The topological polar surface area (TPSA) is 43.8 Å². The van der Waals surface area contributed by atoms with E-state index in [1.54, 1.807) is 23.0 Å². The molecule has 1 aromatic heterocycles. The summed E-state index contributed by atoms with van der Waals surface area (Å²) < 4.78 is 39.1. The minimum absolute atomic E-state index is 0.296. The van der Waals surface area contributed by atoms with Crippen molar-refractivity contribution in [2.75, 3.05) is 0 Å². The van der Waals surface area contributed by atoms with Crippen molar-refractivity contribution in [3.8, 4) is 0 Å². The zero-order valence-electron chi connectivity index (χ0n) is 9.48. The molecule has 6 heteroatoms. The Labute approximate surface area is 102 Å². The van der Waals surface area contributed by atoms with E-state index in [4.69, 9.17) is 5.73 Å². The van der Waals surface area contributed by atoms with Crippen LogP contribution in [0.5, 0.6) is 0 Å². The molecule has 0 spiro atoms. The lowest BCUT2D eigenvalue weighted by atomic mass is 10.1. The Hall–Kier alpha value is -1.82. The van der Waals surface area contributed by atoms with Gasteiger partial charge in [-0.25, -0.2) is 0 Å². The van der Waals surface area contributed by atoms with E-state index in [9.17, 15) is 13.2 Å². The first kappa shape index (κ1) is 12.6. The van der Waals surface area contributed by atoms with Crippen LogP contribution in [0.4, 0.5) is 13.2 Å². The lowest BCUT2D eigenvalue weighted by molar-refractivity contribution is -0.137. The molecule has 2 N–H and O–H groups in total. The molecule has 96 valence electrons. The largest absolute Gasteiger partial charge is 0.416 e. The van der Waals surface area contributed by atoms with Crippen LogP contribution < -0.4 is 5.73 Å². The first-order chi connectivity index (χ1) is 8.49. The predicted octanol–water partition coefficient (Wildman–Crippen LogP) is 2.41. The molecule has 0 radical (unpaired) electrons. The van der Waals surface area contributed by atoms with E-state index in [1.165, 1.54) is 6.07 Å². The van der Waals surface area contributed by atoms with E-state index >= 15 is 0 Å². The van der Waals surface area contributed by atoms with Crippen molar-refractivity contribution >= 4 is 0 Å². The number of alkyl halides is 3. The SMILES string of the molecule is NCc1ccn(Cc2cccc(C(F)(F)F)c2)n1. The predicted molar refractivity (Wildman–Crippen MR) is 60.7 cm³/mol. The number of hydrogen-bond acceptors (Lipinski definition) is 2. The summed E-state index contributed by atoms with van der Waals surface area (Å²) in [5.41, 5.74) is 6.03. The van der Waals surface area contributed by atoms with Gasteiger partial charge in [0.15, 0.2) is 0 Å². The van der Waals surface area contributed by atoms with E-state index in [2.05, 4.69) is 5.10 Å². The van der Waals surface area contributed by atoms with E-state index in [0.717, 1.165) is 12.1 Å². The Morgan fingerprint density at radius 2 is 2.00 bits per heavy atom. The second-order valence-corrected chi connectivity index (χ2v) is 3.91. The third-order valence-corrected chi connectivity index (χ3v) is 2.50. The van der Waals surface area contributed by atoms with Crippen LogP contribution in [0.3, 0.4) is 0 Å². The summed E-state index contributed by atoms with van der Waals surface area (Å²) in [6.07, 6.45) is -2.62. The highest BCUT2D eigenvalue weighted by molar-refractivity contribution is 5.25. The van der Waals surface area contributed by atoms with Gasteiger partial charge in [-0.3, -0.25) is 4.68 Å². The van der Waals surface area contributed by atoms with E-state index < -0.39 is 11.7 Å². The first-order valence-corrected chi connectivity index (χ1v) is 5.37. The maximum Gasteiger partial charge on any atom is 0.416 e. The number of benzene rings is 1. The smallest absolute Gasteiger partial charge is 0.325 e. The first-order valence-electron chi connectivity index (χ1n) is 5.37. The van der Waals surface area contributed by atoms with Crippen LogP contribution in [0.1, 0.15) is 16.8 Å². The van der Waals surface area contributed by atoms with Crippen molar-refractivity contribution < 1.29 is 13.2 Å². The van der Waals surface area contributed by atoms with Gasteiger partial charge < -0.3 is 5.73 Å². The second kappa shape index (κ2) is 4.81.